The third-order valence-corrected chi connectivity index (χ3v) is 4.14. The molecule has 0 radical (unpaired) electrons. The first kappa shape index (κ1) is 14.6. The van der Waals surface area contributed by atoms with Crippen molar-refractivity contribution in [1.82, 2.24) is 0 Å². The summed E-state index contributed by atoms with van der Waals surface area (Å²) < 4.78 is 0. The van der Waals surface area contributed by atoms with Crippen molar-refractivity contribution in [2.24, 2.45) is 5.41 Å². The smallest absolute Gasteiger partial charge is 0.00666 e. The number of aryl methyl sites for hydroxylation is 1. The lowest BCUT2D eigenvalue weighted by Gasteiger charge is -2.33. The number of hydrogen-bond donors (Lipinski definition) is 0. The number of hydrogen-bond acceptors (Lipinski definition) is 0. The van der Waals surface area contributed by atoms with Crippen molar-refractivity contribution in [1.29, 1.82) is 0 Å². The van der Waals surface area contributed by atoms with Gasteiger partial charge in [-0.1, -0.05) is 80.6 Å². The first-order valence-electron chi connectivity index (χ1n) is 7.35. The maximum atomic E-state index is 4.06. The predicted molar refractivity (Wildman–Crippen MR) is 87.9 cm³/mol. The normalized spacial score (nSPS) is 12.9. The summed E-state index contributed by atoms with van der Waals surface area (Å²) >= 11 is 0. The van der Waals surface area contributed by atoms with Crippen LogP contribution in [0.4, 0.5) is 0 Å². The molecule has 0 heteroatoms. The van der Waals surface area contributed by atoms with E-state index in [4.69, 9.17) is 0 Å². The van der Waals surface area contributed by atoms with Crippen LogP contribution in [0.3, 0.4) is 0 Å². The van der Waals surface area contributed by atoms with Gasteiger partial charge in [-0.3, -0.25) is 0 Å². The topological polar surface area (TPSA) is 0 Å². The Kier molecular flexibility index (Phi) is 4.79. The van der Waals surface area contributed by atoms with Crippen LogP contribution in [0.1, 0.15) is 37.3 Å². The van der Waals surface area contributed by atoms with Gasteiger partial charge in [-0.05, 0) is 29.4 Å². The molecule has 1 unspecified atom stereocenters. The van der Waals surface area contributed by atoms with Crippen LogP contribution >= 0.6 is 0 Å². The van der Waals surface area contributed by atoms with E-state index >= 15 is 0 Å². The summed E-state index contributed by atoms with van der Waals surface area (Å²) in [5.41, 5.74) is 2.98. The van der Waals surface area contributed by atoms with Crippen LogP contribution in [0.2, 0.25) is 0 Å². The van der Waals surface area contributed by atoms with Crippen LogP contribution in [-0.4, -0.2) is 0 Å². The molecule has 20 heavy (non-hydrogen) atoms. The Labute approximate surface area is 123 Å². The Morgan fingerprint density at radius 1 is 0.950 bits per heavy atom. The number of benzene rings is 2. The average Bonchev–Trinajstić information content (AvgIpc) is 2.48. The molecule has 0 N–H and O–H groups in total. The van der Waals surface area contributed by atoms with Crippen molar-refractivity contribution in [2.75, 3.05) is 0 Å². The maximum absolute atomic E-state index is 4.06. The zero-order chi connectivity index (χ0) is 14.4. The molecule has 0 fully saturated rings. The van der Waals surface area contributed by atoms with E-state index in [1.807, 2.05) is 0 Å². The third-order valence-electron chi connectivity index (χ3n) is 4.14. The van der Waals surface area contributed by atoms with Crippen LogP contribution in [0.5, 0.6) is 0 Å². The molecule has 2 aromatic rings. The third kappa shape index (κ3) is 3.60. The van der Waals surface area contributed by atoms with Gasteiger partial charge in [0.25, 0.3) is 0 Å². The van der Waals surface area contributed by atoms with E-state index < -0.39 is 0 Å². The van der Waals surface area contributed by atoms with Gasteiger partial charge in [-0.2, -0.15) is 0 Å². The van der Waals surface area contributed by atoms with E-state index in [1.165, 1.54) is 11.1 Å². The second kappa shape index (κ2) is 6.56. The van der Waals surface area contributed by atoms with Crippen molar-refractivity contribution in [3.8, 4) is 0 Å². The molecule has 0 aliphatic carbocycles. The summed E-state index contributed by atoms with van der Waals surface area (Å²) in [4.78, 5) is 0. The first-order valence-corrected chi connectivity index (χ1v) is 7.35. The monoisotopic (exact) mass is 264 g/mol. The minimum atomic E-state index is 0.207. The van der Waals surface area contributed by atoms with Gasteiger partial charge in [-0.25, -0.2) is 0 Å². The van der Waals surface area contributed by atoms with Gasteiger partial charge in [-0.15, -0.1) is 6.58 Å². The van der Waals surface area contributed by atoms with Gasteiger partial charge >= 0.3 is 0 Å². The zero-order valence-corrected chi connectivity index (χ0v) is 12.5. The first-order chi connectivity index (χ1) is 9.63. The molecule has 0 aliphatic heterocycles. The quantitative estimate of drug-likeness (QED) is 0.594. The summed E-state index contributed by atoms with van der Waals surface area (Å²) in [5, 5.41) is 0. The molecule has 0 aliphatic rings. The highest BCUT2D eigenvalue weighted by Gasteiger charge is 2.28. The zero-order valence-electron chi connectivity index (χ0n) is 12.5. The molecule has 0 amide bonds. The maximum Gasteiger partial charge on any atom is 0.00666 e. The number of allylic oxidation sites excluding steroid dienone is 1. The van der Waals surface area contributed by atoms with Crippen LogP contribution in [0, 0.1) is 5.41 Å². The molecule has 0 saturated carbocycles. The predicted octanol–water partition coefficient (Wildman–Crippen LogP) is 5.62. The molecule has 1 atom stereocenters. The van der Waals surface area contributed by atoms with Crippen LogP contribution in [0.25, 0.3) is 0 Å². The summed E-state index contributed by atoms with van der Waals surface area (Å²) in [6.07, 6.45) is 4.37. The Bertz CT molecular complexity index is 522. The van der Waals surface area contributed by atoms with Crippen molar-refractivity contribution in [2.45, 2.75) is 32.6 Å². The Hall–Kier alpha value is -1.82. The van der Waals surface area contributed by atoms with Crippen LogP contribution < -0.4 is 0 Å². The fraction of sp³-hybridized carbons (Fsp3) is 0.300. The van der Waals surface area contributed by atoms with E-state index in [0.717, 1.165) is 12.8 Å². The molecule has 2 rings (SSSR count). The van der Waals surface area contributed by atoms with Gasteiger partial charge < -0.3 is 0 Å². The van der Waals surface area contributed by atoms with E-state index in [2.05, 4.69) is 87.2 Å². The van der Waals surface area contributed by atoms with Gasteiger partial charge in [0, 0.05) is 5.92 Å². The Balaban J connectivity index is 2.10. The van der Waals surface area contributed by atoms with E-state index in [0.29, 0.717) is 5.92 Å². The second-order valence-electron chi connectivity index (χ2n) is 6.10. The van der Waals surface area contributed by atoms with E-state index in [1.54, 1.807) is 0 Å². The van der Waals surface area contributed by atoms with Crippen LogP contribution in [-0.2, 0) is 6.42 Å². The Morgan fingerprint density at radius 2 is 1.50 bits per heavy atom. The SMILES string of the molecule is C=CC(c1ccccc1)C(C)(C)CCc1ccccc1. The molecule has 0 heterocycles. The van der Waals surface area contributed by atoms with Crippen molar-refractivity contribution in [3.05, 3.63) is 84.4 Å². The Morgan fingerprint density at radius 3 is 2.05 bits per heavy atom. The van der Waals surface area contributed by atoms with Gasteiger partial charge in [0.2, 0.25) is 0 Å². The number of rotatable bonds is 6. The molecule has 0 spiro atoms. The van der Waals surface area contributed by atoms with Crippen molar-refractivity contribution >= 4 is 0 Å². The molecular weight excluding hydrogens is 240 g/mol. The molecule has 0 saturated heterocycles. The second-order valence-corrected chi connectivity index (χ2v) is 6.10. The fourth-order valence-electron chi connectivity index (χ4n) is 2.83. The summed E-state index contributed by atoms with van der Waals surface area (Å²) in [6, 6.07) is 21.4. The van der Waals surface area contributed by atoms with Crippen molar-refractivity contribution < 1.29 is 0 Å². The fourth-order valence-corrected chi connectivity index (χ4v) is 2.83. The minimum Gasteiger partial charge on any atom is -0.102 e. The average molecular weight is 264 g/mol. The molecule has 0 nitrogen and oxygen atoms in total. The standard InChI is InChI=1S/C20H24/c1-4-19(18-13-9-6-10-14-18)20(2,3)16-15-17-11-7-5-8-12-17/h4-14,19H,1,15-16H2,2-3H3. The summed E-state index contributed by atoms with van der Waals surface area (Å²) in [6.45, 7) is 8.74. The highest BCUT2D eigenvalue weighted by atomic mass is 14.3. The summed E-state index contributed by atoms with van der Waals surface area (Å²) in [7, 11) is 0. The molecule has 2 aromatic carbocycles. The molecule has 0 aromatic heterocycles. The largest absolute Gasteiger partial charge is 0.102 e. The highest BCUT2D eigenvalue weighted by molar-refractivity contribution is 5.26. The van der Waals surface area contributed by atoms with E-state index in [9.17, 15) is 0 Å². The van der Waals surface area contributed by atoms with Crippen LogP contribution in [0.15, 0.2) is 73.3 Å². The van der Waals surface area contributed by atoms with Gasteiger partial charge in [0.15, 0.2) is 0 Å². The van der Waals surface area contributed by atoms with Gasteiger partial charge in [0.05, 0.1) is 0 Å². The minimum absolute atomic E-state index is 0.207. The lowest BCUT2D eigenvalue weighted by molar-refractivity contribution is 0.298. The molecule has 0 bridgehead atoms. The van der Waals surface area contributed by atoms with E-state index in [-0.39, 0.29) is 5.41 Å². The molecular formula is C20H24. The lowest BCUT2D eigenvalue weighted by Crippen LogP contribution is -2.21. The van der Waals surface area contributed by atoms with Gasteiger partial charge in [0.1, 0.15) is 0 Å². The highest BCUT2D eigenvalue weighted by Crippen LogP contribution is 2.40. The van der Waals surface area contributed by atoms with Crippen molar-refractivity contribution in [3.63, 3.8) is 0 Å². The lowest BCUT2D eigenvalue weighted by atomic mass is 9.71. The summed E-state index contributed by atoms with van der Waals surface area (Å²) in [5.74, 6) is 0.396. The molecule has 104 valence electrons.